The lowest BCUT2D eigenvalue weighted by molar-refractivity contribution is -0.141. The van der Waals surface area contributed by atoms with Gasteiger partial charge in [0.15, 0.2) is 11.2 Å². The lowest BCUT2D eigenvalue weighted by Gasteiger charge is -2.05. The lowest BCUT2D eigenvalue weighted by atomic mass is 10.2. The van der Waals surface area contributed by atoms with E-state index in [0.717, 1.165) is 11.3 Å². The van der Waals surface area contributed by atoms with Gasteiger partial charge in [0, 0.05) is 0 Å². The van der Waals surface area contributed by atoms with Gasteiger partial charge in [0.2, 0.25) is 0 Å². The normalized spacial score (nSPS) is 10.8. The second-order valence-electron chi connectivity index (χ2n) is 5.62. The summed E-state index contributed by atoms with van der Waals surface area (Å²) in [6.45, 7) is 0.254. The van der Waals surface area contributed by atoms with Crippen LogP contribution in [0.4, 0.5) is 0 Å². The van der Waals surface area contributed by atoms with E-state index in [-0.39, 0.29) is 18.3 Å². The minimum atomic E-state index is -0.314. The van der Waals surface area contributed by atoms with E-state index in [1.54, 1.807) is 4.68 Å². The van der Waals surface area contributed by atoms with Crippen molar-refractivity contribution in [1.29, 1.82) is 0 Å². The second kappa shape index (κ2) is 7.96. The first-order valence-electron chi connectivity index (χ1n) is 8.25. The van der Waals surface area contributed by atoms with Crippen molar-refractivity contribution in [1.82, 2.24) is 25.0 Å². The highest BCUT2D eigenvalue weighted by molar-refractivity contribution is 8.00. The number of esters is 1. The summed E-state index contributed by atoms with van der Waals surface area (Å²) in [5, 5.41) is 8.94. The zero-order chi connectivity index (χ0) is 18.5. The molecular weight excluding hydrogens is 362 g/mol. The summed E-state index contributed by atoms with van der Waals surface area (Å²) in [5.41, 5.74) is 2.96. The number of para-hydroxylation sites is 1. The Labute approximate surface area is 159 Å². The van der Waals surface area contributed by atoms with Crippen molar-refractivity contribution in [3.63, 3.8) is 0 Å². The molecule has 0 N–H and O–H groups in total. The van der Waals surface area contributed by atoms with Crippen molar-refractivity contribution in [2.45, 2.75) is 11.6 Å². The molecule has 4 rings (SSSR count). The molecule has 0 radical (unpaired) electrons. The molecule has 2 aromatic carbocycles. The number of hydrogen-bond acceptors (Lipinski definition) is 7. The third-order valence-electron chi connectivity index (χ3n) is 3.77. The van der Waals surface area contributed by atoms with E-state index >= 15 is 0 Å². The summed E-state index contributed by atoms with van der Waals surface area (Å²) >= 11 is 1.26. The number of hydrogen-bond donors (Lipinski definition) is 0. The summed E-state index contributed by atoms with van der Waals surface area (Å²) in [4.78, 5) is 20.5. The molecule has 0 atom stereocenters. The number of ether oxygens (including phenoxy) is 1. The predicted octanol–water partition coefficient (Wildman–Crippen LogP) is 3.05. The Morgan fingerprint density at radius 3 is 2.52 bits per heavy atom. The Bertz CT molecular complexity index is 1050. The molecule has 0 aliphatic rings. The van der Waals surface area contributed by atoms with E-state index < -0.39 is 0 Å². The fraction of sp³-hybridized carbons (Fsp3) is 0.105. The molecule has 4 aromatic rings. The third kappa shape index (κ3) is 3.95. The van der Waals surface area contributed by atoms with E-state index in [1.807, 2.05) is 60.7 Å². The minimum Gasteiger partial charge on any atom is -0.460 e. The van der Waals surface area contributed by atoms with Crippen LogP contribution < -0.4 is 0 Å². The highest BCUT2D eigenvalue weighted by Crippen LogP contribution is 2.24. The van der Waals surface area contributed by atoms with E-state index in [9.17, 15) is 4.79 Å². The van der Waals surface area contributed by atoms with E-state index in [4.69, 9.17) is 4.74 Å². The molecule has 0 saturated carbocycles. The Balaban J connectivity index is 1.45. The number of fused-ring (bicyclic) bond motifs is 1. The Morgan fingerprint density at radius 1 is 1.00 bits per heavy atom. The fourth-order valence-corrected chi connectivity index (χ4v) is 3.21. The van der Waals surface area contributed by atoms with Gasteiger partial charge in [0.05, 0.1) is 11.4 Å². The second-order valence-corrected chi connectivity index (χ2v) is 6.59. The molecule has 2 heterocycles. The molecular formula is C19H15N5O2S. The number of thioether (sulfide) groups is 1. The van der Waals surface area contributed by atoms with Crippen LogP contribution in [0.3, 0.4) is 0 Å². The summed E-state index contributed by atoms with van der Waals surface area (Å²) in [7, 11) is 0. The van der Waals surface area contributed by atoms with Crippen LogP contribution in [-0.4, -0.2) is 36.7 Å². The maximum atomic E-state index is 12.0. The van der Waals surface area contributed by atoms with Gasteiger partial charge in [-0.05, 0) is 17.7 Å². The quantitative estimate of drug-likeness (QED) is 0.290. The molecule has 2 aromatic heterocycles. The summed E-state index contributed by atoms with van der Waals surface area (Å²) in [6, 6.07) is 19.2. The molecule has 134 valence electrons. The van der Waals surface area contributed by atoms with Crippen LogP contribution in [0.2, 0.25) is 0 Å². The molecule has 7 nitrogen and oxygen atoms in total. The maximum absolute atomic E-state index is 12.0. The van der Waals surface area contributed by atoms with Gasteiger partial charge in [-0.3, -0.25) is 4.79 Å². The van der Waals surface area contributed by atoms with Crippen LogP contribution in [0.1, 0.15) is 5.56 Å². The molecule has 8 heteroatoms. The van der Waals surface area contributed by atoms with Gasteiger partial charge < -0.3 is 4.74 Å². The molecule has 0 amide bonds. The Kier molecular flexibility index (Phi) is 5.06. The van der Waals surface area contributed by atoms with Gasteiger partial charge in [0.25, 0.3) is 0 Å². The number of carbonyl (C=O) groups excluding carboxylic acids is 1. The molecule has 0 aliphatic heterocycles. The van der Waals surface area contributed by atoms with E-state index in [0.29, 0.717) is 16.2 Å². The molecule has 27 heavy (non-hydrogen) atoms. The molecule has 0 bridgehead atoms. The smallest absolute Gasteiger partial charge is 0.316 e. The average Bonchev–Trinajstić information content (AvgIpc) is 3.17. The lowest BCUT2D eigenvalue weighted by Crippen LogP contribution is -2.07. The number of benzene rings is 2. The van der Waals surface area contributed by atoms with Crippen molar-refractivity contribution in [2.24, 2.45) is 0 Å². The SMILES string of the molecule is O=C(CSc1ncnc2c1nnn2-c1ccccc1)OCc1ccccc1. The fourth-order valence-electron chi connectivity index (χ4n) is 2.48. The minimum absolute atomic E-state index is 0.136. The first kappa shape index (κ1) is 17.2. The van der Waals surface area contributed by atoms with Crippen molar-refractivity contribution >= 4 is 28.9 Å². The van der Waals surface area contributed by atoms with Crippen LogP contribution in [0, 0.1) is 0 Å². The Hall–Kier alpha value is -3.26. The monoisotopic (exact) mass is 377 g/mol. The number of carbonyl (C=O) groups is 1. The van der Waals surface area contributed by atoms with Crippen molar-refractivity contribution in [3.05, 3.63) is 72.6 Å². The summed E-state index contributed by atoms with van der Waals surface area (Å²) in [6.07, 6.45) is 1.45. The van der Waals surface area contributed by atoms with Gasteiger partial charge in [-0.25, -0.2) is 9.97 Å². The molecule has 0 aliphatic carbocycles. The highest BCUT2D eigenvalue weighted by Gasteiger charge is 2.15. The predicted molar refractivity (Wildman–Crippen MR) is 101 cm³/mol. The largest absolute Gasteiger partial charge is 0.460 e. The number of aromatic nitrogens is 5. The molecule has 0 spiro atoms. The Morgan fingerprint density at radius 2 is 1.74 bits per heavy atom. The zero-order valence-electron chi connectivity index (χ0n) is 14.2. The van der Waals surface area contributed by atoms with Crippen molar-refractivity contribution in [3.8, 4) is 5.69 Å². The van der Waals surface area contributed by atoms with Gasteiger partial charge in [0.1, 0.15) is 18.0 Å². The number of rotatable bonds is 6. The van der Waals surface area contributed by atoms with Crippen LogP contribution in [-0.2, 0) is 16.1 Å². The maximum Gasteiger partial charge on any atom is 0.316 e. The molecule has 0 saturated heterocycles. The van der Waals surface area contributed by atoms with Gasteiger partial charge in [-0.15, -0.1) is 5.10 Å². The van der Waals surface area contributed by atoms with Crippen LogP contribution in [0.5, 0.6) is 0 Å². The topological polar surface area (TPSA) is 82.8 Å². The third-order valence-corrected chi connectivity index (χ3v) is 4.73. The van der Waals surface area contributed by atoms with Crippen LogP contribution in [0.25, 0.3) is 16.9 Å². The standard InChI is InChI=1S/C19H15N5O2S/c25-16(26-11-14-7-3-1-4-8-14)12-27-19-17-18(20-13-21-19)24(23-22-17)15-9-5-2-6-10-15/h1-10,13H,11-12H2. The number of nitrogens with zero attached hydrogens (tertiary/aromatic N) is 5. The van der Waals surface area contributed by atoms with Crippen LogP contribution in [0.15, 0.2) is 72.0 Å². The van der Waals surface area contributed by atoms with Crippen LogP contribution >= 0.6 is 11.8 Å². The van der Waals surface area contributed by atoms with Crippen molar-refractivity contribution < 1.29 is 9.53 Å². The summed E-state index contributed by atoms with van der Waals surface area (Å²) in [5.74, 6) is -0.178. The van der Waals surface area contributed by atoms with Gasteiger partial charge in [-0.1, -0.05) is 65.5 Å². The van der Waals surface area contributed by atoms with Gasteiger partial charge >= 0.3 is 5.97 Å². The average molecular weight is 377 g/mol. The first-order valence-corrected chi connectivity index (χ1v) is 9.24. The van der Waals surface area contributed by atoms with E-state index in [2.05, 4.69) is 20.3 Å². The summed E-state index contributed by atoms with van der Waals surface area (Å²) < 4.78 is 6.94. The first-order chi connectivity index (χ1) is 13.3. The zero-order valence-corrected chi connectivity index (χ0v) is 15.0. The molecule has 0 unspecified atom stereocenters. The van der Waals surface area contributed by atoms with Gasteiger partial charge in [-0.2, -0.15) is 4.68 Å². The van der Waals surface area contributed by atoms with E-state index in [1.165, 1.54) is 18.1 Å². The highest BCUT2D eigenvalue weighted by atomic mass is 32.2. The molecule has 0 fully saturated rings. The van der Waals surface area contributed by atoms with Crippen molar-refractivity contribution in [2.75, 3.05) is 5.75 Å².